The van der Waals surface area contributed by atoms with Crippen molar-refractivity contribution in [3.05, 3.63) is 101 Å². The zero-order valence-electron chi connectivity index (χ0n) is 16.2. The lowest BCUT2D eigenvalue weighted by Crippen LogP contribution is -2.07. The van der Waals surface area contributed by atoms with Gasteiger partial charge in [-0.1, -0.05) is 12.1 Å². The number of esters is 1. The van der Waals surface area contributed by atoms with E-state index >= 15 is 0 Å². The maximum Gasteiger partial charge on any atom is 0.342 e. The molecule has 0 spiro atoms. The molecule has 2 aromatic carbocycles. The first-order chi connectivity index (χ1) is 15.2. The van der Waals surface area contributed by atoms with Crippen LogP contribution in [0.2, 0.25) is 0 Å². The second-order valence-corrected chi connectivity index (χ2v) is 7.28. The summed E-state index contributed by atoms with van der Waals surface area (Å²) in [6.45, 7) is 0.263. The van der Waals surface area contributed by atoms with E-state index < -0.39 is 5.97 Å². The molecule has 0 aliphatic rings. The van der Waals surface area contributed by atoms with Gasteiger partial charge in [-0.3, -0.25) is 4.98 Å². The topological polar surface area (TPSA) is 70.5 Å². The van der Waals surface area contributed by atoms with Crippen molar-refractivity contribution in [1.29, 1.82) is 0 Å². The van der Waals surface area contributed by atoms with Crippen LogP contribution in [0, 0.1) is 5.82 Å². The highest BCUT2D eigenvalue weighted by atomic mass is 32.1. The number of aromatic nitrogens is 2. The highest BCUT2D eigenvalue weighted by Gasteiger charge is 2.15. The van der Waals surface area contributed by atoms with Crippen molar-refractivity contribution in [2.75, 3.05) is 0 Å². The number of carbonyl (C=O) groups excluding carboxylic acids is 1. The number of benzene rings is 2. The molecule has 0 bridgehead atoms. The molecule has 4 rings (SSSR count). The van der Waals surface area contributed by atoms with Crippen LogP contribution in [0.3, 0.4) is 0 Å². The Morgan fingerprint density at radius 1 is 0.968 bits per heavy atom. The number of halogens is 1. The minimum Gasteiger partial charge on any atom is -0.486 e. The number of hydrogen-bond donors (Lipinski definition) is 0. The highest BCUT2D eigenvalue weighted by molar-refractivity contribution is 7.09. The van der Waals surface area contributed by atoms with Crippen molar-refractivity contribution in [2.24, 2.45) is 0 Å². The summed E-state index contributed by atoms with van der Waals surface area (Å²) in [5, 5.41) is 2.52. The summed E-state index contributed by atoms with van der Waals surface area (Å²) in [6.07, 6.45) is 3.20. The smallest absolute Gasteiger partial charge is 0.342 e. The van der Waals surface area contributed by atoms with Crippen LogP contribution in [0.5, 0.6) is 17.2 Å². The van der Waals surface area contributed by atoms with Gasteiger partial charge in [0.25, 0.3) is 0 Å². The van der Waals surface area contributed by atoms with Gasteiger partial charge < -0.3 is 14.2 Å². The molecule has 0 aliphatic heterocycles. The Labute approximate surface area is 181 Å². The Balaban J connectivity index is 1.34. The second-order valence-electron chi connectivity index (χ2n) is 6.34. The Hall–Kier alpha value is -3.78. The second kappa shape index (κ2) is 9.82. The maximum atomic E-state index is 12.9. The predicted octanol–water partition coefficient (Wildman–Crippen LogP) is 5.41. The summed E-state index contributed by atoms with van der Waals surface area (Å²) in [4.78, 5) is 21.0. The SMILES string of the molecule is O=C(OCc1csc(COc2ccc(F)cc2)n1)c1ccccc1Oc1cccnc1. The van der Waals surface area contributed by atoms with Gasteiger partial charge in [0.2, 0.25) is 0 Å². The Morgan fingerprint density at radius 2 is 1.81 bits per heavy atom. The lowest BCUT2D eigenvalue weighted by atomic mass is 10.2. The van der Waals surface area contributed by atoms with Gasteiger partial charge >= 0.3 is 5.97 Å². The molecule has 4 aromatic rings. The molecule has 0 atom stereocenters. The predicted molar refractivity (Wildman–Crippen MR) is 113 cm³/mol. The Morgan fingerprint density at radius 3 is 2.61 bits per heavy atom. The summed E-state index contributed by atoms with van der Waals surface area (Å²) in [6, 6.07) is 16.1. The largest absolute Gasteiger partial charge is 0.486 e. The number of hydrogen-bond acceptors (Lipinski definition) is 7. The monoisotopic (exact) mass is 436 g/mol. The van der Waals surface area contributed by atoms with E-state index in [1.807, 2.05) is 0 Å². The molecular weight excluding hydrogens is 419 g/mol. The summed E-state index contributed by atoms with van der Waals surface area (Å²) in [5.41, 5.74) is 0.920. The quantitative estimate of drug-likeness (QED) is 0.344. The zero-order valence-corrected chi connectivity index (χ0v) is 17.0. The van der Waals surface area contributed by atoms with Crippen LogP contribution in [-0.2, 0) is 18.0 Å². The van der Waals surface area contributed by atoms with Crippen molar-refractivity contribution in [2.45, 2.75) is 13.2 Å². The van der Waals surface area contributed by atoms with E-state index in [9.17, 15) is 9.18 Å². The molecule has 156 valence electrons. The minimum absolute atomic E-state index is 0.0209. The standard InChI is InChI=1S/C23H17FN2O4S/c24-16-7-9-18(10-8-16)28-14-22-26-17(15-31-22)13-29-23(27)20-5-1-2-6-21(20)30-19-4-3-11-25-12-19/h1-12,15H,13-14H2. The molecule has 2 heterocycles. The van der Waals surface area contributed by atoms with Crippen LogP contribution < -0.4 is 9.47 Å². The van der Waals surface area contributed by atoms with Crippen LogP contribution in [0.15, 0.2) is 78.4 Å². The van der Waals surface area contributed by atoms with Gasteiger partial charge in [-0.2, -0.15) is 0 Å². The molecular formula is C23H17FN2O4S. The Kier molecular flexibility index (Phi) is 6.49. The molecule has 0 fully saturated rings. The summed E-state index contributed by atoms with van der Waals surface area (Å²) in [5.74, 6) is 0.615. The molecule has 6 nitrogen and oxygen atoms in total. The van der Waals surface area contributed by atoms with Crippen molar-refractivity contribution in [3.63, 3.8) is 0 Å². The van der Waals surface area contributed by atoms with Crippen molar-refractivity contribution in [1.82, 2.24) is 9.97 Å². The molecule has 0 radical (unpaired) electrons. The van der Waals surface area contributed by atoms with E-state index in [0.29, 0.717) is 28.5 Å². The van der Waals surface area contributed by atoms with E-state index in [1.165, 1.54) is 23.5 Å². The van der Waals surface area contributed by atoms with Crippen LogP contribution in [0.4, 0.5) is 4.39 Å². The first-order valence-electron chi connectivity index (χ1n) is 9.33. The highest BCUT2D eigenvalue weighted by Crippen LogP contribution is 2.25. The third-order valence-corrected chi connectivity index (χ3v) is 4.97. The number of carbonyl (C=O) groups is 1. The van der Waals surface area contributed by atoms with Crippen molar-refractivity contribution in [3.8, 4) is 17.2 Å². The van der Waals surface area contributed by atoms with E-state index in [1.54, 1.807) is 66.3 Å². The molecule has 0 unspecified atom stereocenters. The number of nitrogens with zero attached hydrogens (tertiary/aromatic N) is 2. The average Bonchev–Trinajstić information content (AvgIpc) is 3.26. The summed E-state index contributed by atoms with van der Waals surface area (Å²) in [7, 11) is 0. The van der Waals surface area contributed by atoms with Crippen LogP contribution in [-0.4, -0.2) is 15.9 Å². The summed E-state index contributed by atoms with van der Waals surface area (Å²) < 4.78 is 29.7. The molecule has 0 saturated heterocycles. The lowest BCUT2D eigenvalue weighted by molar-refractivity contribution is 0.0465. The molecule has 0 saturated carbocycles. The van der Waals surface area contributed by atoms with Crippen molar-refractivity contribution < 1.29 is 23.4 Å². The first kappa shape index (κ1) is 20.5. The van der Waals surface area contributed by atoms with Gasteiger partial charge in [0, 0.05) is 11.6 Å². The van der Waals surface area contributed by atoms with E-state index in [4.69, 9.17) is 14.2 Å². The number of para-hydroxylation sites is 1. The first-order valence-corrected chi connectivity index (χ1v) is 10.2. The average molecular weight is 436 g/mol. The normalized spacial score (nSPS) is 10.5. The zero-order chi connectivity index (χ0) is 21.5. The number of ether oxygens (including phenoxy) is 3. The summed E-state index contributed by atoms with van der Waals surface area (Å²) >= 11 is 1.39. The molecule has 31 heavy (non-hydrogen) atoms. The molecule has 0 aliphatic carbocycles. The van der Waals surface area contributed by atoms with Crippen LogP contribution in [0.1, 0.15) is 21.1 Å². The van der Waals surface area contributed by atoms with Gasteiger partial charge in [0.15, 0.2) is 0 Å². The van der Waals surface area contributed by atoms with Gasteiger partial charge in [-0.25, -0.2) is 14.2 Å². The molecule has 0 amide bonds. The van der Waals surface area contributed by atoms with Crippen LogP contribution >= 0.6 is 11.3 Å². The number of rotatable bonds is 8. The lowest BCUT2D eigenvalue weighted by Gasteiger charge is -2.10. The molecule has 2 aromatic heterocycles. The van der Waals surface area contributed by atoms with Crippen molar-refractivity contribution >= 4 is 17.3 Å². The fourth-order valence-corrected chi connectivity index (χ4v) is 3.32. The third kappa shape index (κ3) is 5.64. The van der Waals surface area contributed by atoms with Gasteiger partial charge in [-0.05, 0) is 48.5 Å². The van der Waals surface area contributed by atoms with E-state index in [2.05, 4.69) is 9.97 Å². The minimum atomic E-state index is -0.517. The van der Waals surface area contributed by atoms with Crippen LogP contribution in [0.25, 0.3) is 0 Å². The molecule has 0 N–H and O–H groups in total. The van der Waals surface area contributed by atoms with E-state index in [-0.39, 0.29) is 19.0 Å². The van der Waals surface area contributed by atoms with E-state index in [0.717, 1.165) is 5.01 Å². The third-order valence-electron chi connectivity index (χ3n) is 4.10. The van der Waals surface area contributed by atoms with Gasteiger partial charge in [-0.15, -0.1) is 11.3 Å². The Bertz CT molecular complexity index is 1150. The van der Waals surface area contributed by atoms with Gasteiger partial charge in [0.05, 0.1) is 11.9 Å². The number of pyridine rings is 1. The fraction of sp³-hybridized carbons (Fsp3) is 0.0870. The fourth-order valence-electron chi connectivity index (χ4n) is 2.63. The maximum absolute atomic E-state index is 12.9. The number of thiazole rings is 1. The molecule has 8 heteroatoms. The van der Waals surface area contributed by atoms with Gasteiger partial charge in [0.1, 0.15) is 46.9 Å².